The molecule has 0 aliphatic carbocycles. The molecule has 5 heteroatoms. The molecule has 0 N–H and O–H groups in total. The van der Waals surface area contributed by atoms with Crippen LogP contribution in [-0.2, 0) is 9.53 Å². The van der Waals surface area contributed by atoms with Crippen LogP contribution < -0.4 is 0 Å². The molecular formula is C19H18ClNO3. The molecule has 4 nitrogen and oxygen atoms in total. The van der Waals surface area contributed by atoms with Crippen LogP contribution in [0.15, 0.2) is 46.4 Å². The van der Waals surface area contributed by atoms with Crippen molar-refractivity contribution in [1.29, 1.82) is 5.26 Å². The summed E-state index contributed by atoms with van der Waals surface area (Å²) in [6.45, 7) is 4.36. The molecule has 1 heterocycles. The van der Waals surface area contributed by atoms with Crippen molar-refractivity contribution in [2.24, 2.45) is 5.92 Å². The zero-order valence-corrected chi connectivity index (χ0v) is 14.3. The maximum absolute atomic E-state index is 11.9. The van der Waals surface area contributed by atoms with Crippen LogP contribution in [0.2, 0.25) is 5.02 Å². The van der Waals surface area contributed by atoms with E-state index in [0.29, 0.717) is 29.1 Å². The Kier molecular flexibility index (Phi) is 6.22. The molecule has 0 unspecified atom stereocenters. The molecule has 0 bridgehead atoms. The number of esters is 1. The molecule has 2 aromatic rings. The number of hydrogen-bond donors (Lipinski definition) is 0. The molecule has 0 saturated heterocycles. The average Bonchev–Trinajstić information content (AvgIpc) is 3.01. The topological polar surface area (TPSA) is 63.2 Å². The summed E-state index contributed by atoms with van der Waals surface area (Å²) in [6.07, 6.45) is 2.12. The van der Waals surface area contributed by atoms with Gasteiger partial charge in [-0.05, 0) is 36.6 Å². The Bertz CT molecular complexity index is 784. The molecule has 24 heavy (non-hydrogen) atoms. The molecule has 0 aliphatic rings. The number of halogens is 1. The normalized spacial score (nSPS) is 11.4. The van der Waals surface area contributed by atoms with Gasteiger partial charge in [0.2, 0.25) is 0 Å². The molecule has 0 atom stereocenters. The third-order valence-corrected chi connectivity index (χ3v) is 3.65. The molecule has 124 valence electrons. The summed E-state index contributed by atoms with van der Waals surface area (Å²) in [5.74, 6) is 0.740. The lowest BCUT2D eigenvalue weighted by atomic mass is 10.1. The Hall–Kier alpha value is -2.51. The van der Waals surface area contributed by atoms with Gasteiger partial charge in [0.1, 0.15) is 23.2 Å². The zero-order chi connectivity index (χ0) is 17.5. The summed E-state index contributed by atoms with van der Waals surface area (Å²) >= 11 is 6.13. The SMILES string of the molecule is CC(C)CCOC(=O)/C(C#N)=C\c1ccc(-c2ccccc2Cl)o1. The smallest absolute Gasteiger partial charge is 0.349 e. The van der Waals surface area contributed by atoms with Crippen LogP contribution in [0.3, 0.4) is 0 Å². The quantitative estimate of drug-likeness (QED) is 0.416. The van der Waals surface area contributed by atoms with Crippen molar-refractivity contribution < 1.29 is 13.9 Å². The van der Waals surface area contributed by atoms with E-state index < -0.39 is 5.97 Å². The van der Waals surface area contributed by atoms with Gasteiger partial charge in [-0.25, -0.2) is 4.79 Å². The molecule has 0 fully saturated rings. The summed E-state index contributed by atoms with van der Waals surface area (Å²) in [5.41, 5.74) is 0.649. The number of carbonyl (C=O) groups is 1. The van der Waals surface area contributed by atoms with Gasteiger partial charge in [0.05, 0.1) is 11.6 Å². The number of hydrogen-bond acceptors (Lipinski definition) is 4. The second-order valence-corrected chi connectivity index (χ2v) is 6.08. The van der Waals surface area contributed by atoms with E-state index in [9.17, 15) is 4.79 Å². The van der Waals surface area contributed by atoms with Gasteiger partial charge in [-0.15, -0.1) is 0 Å². The number of ether oxygens (including phenoxy) is 1. The van der Waals surface area contributed by atoms with E-state index in [1.165, 1.54) is 6.08 Å². The number of carbonyl (C=O) groups excluding carboxylic acids is 1. The van der Waals surface area contributed by atoms with Crippen LogP contribution in [0.5, 0.6) is 0 Å². The van der Waals surface area contributed by atoms with Crippen molar-refractivity contribution in [2.75, 3.05) is 6.61 Å². The second-order valence-electron chi connectivity index (χ2n) is 5.67. The summed E-state index contributed by atoms with van der Waals surface area (Å²) in [5, 5.41) is 9.72. The van der Waals surface area contributed by atoms with E-state index >= 15 is 0 Å². The van der Waals surface area contributed by atoms with Crippen LogP contribution in [0.25, 0.3) is 17.4 Å². The predicted molar refractivity (Wildman–Crippen MR) is 93.2 cm³/mol. The molecule has 0 amide bonds. The minimum Gasteiger partial charge on any atom is -0.462 e. The summed E-state index contributed by atoms with van der Waals surface area (Å²) in [6, 6.07) is 12.6. The number of nitriles is 1. The van der Waals surface area contributed by atoms with Crippen LogP contribution in [0, 0.1) is 17.2 Å². The Morgan fingerprint density at radius 1 is 1.33 bits per heavy atom. The van der Waals surface area contributed by atoms with Gasteiger partial charge in [-0.2, -0.15) is 5.26 Å². The van der Waals surface area contributed by atoms with Crippen molar-refractivity contribution in [2.45, 2.75) is 20.3 Å². The Morgan fingerprint density at radius 3 is 2.75 bits per heavy atom. The molecule has 0 radical (unpaired) electrons. The lowest BCUT2D eigenvalue weighted by Crippen LogP contribution is -2.09. The van der Waals surface area contributed by atoms with Crippen LogP contribution >= 0.6 is 11.6 Å². The van der Waals surface area contributed by atoms with Gasteiger partial charge in [0.25, 0.3) is 0 Å². The van der Waals surface area contributed by atoms with Crippen LogP contribution in [-0.4, -0.2) is 12.6 Å². The molecular weight excluding hydrogens is 326 g/mol. The summed E-state index contributed by atoms with van der Waals surface area (Å²) < 4.78 is 10.8. The highest BCUT2D eigenvalue weighted by atomic mass is 35.5. The third-order valence-electron chi connectivity index (χ3n) is 3.32. The van der Waals surface area contributed by atoms with Gasteiger partial charge < -0.3 is 9.15 Å². The molecule has 0 spiro atoms. The Labute approximate surface area is 146 Å². The predicted octanol–water partition coefficient (Wildman–Crippen LogP) is 5.10. The Morgan fingerprint density at radius 2 is 2.08 bits per heavy atom. The van der Waals surface area contributed by atoms with E-state index in [2.05, 4.69) is 0 Å². The highest BCUT2D eigenvalue weighted by Gasteiger charge is 2.13. The molecule has 0 saturated carbocycles. The summed E-state index contributed by atoms with van der Waals surface area (Å²) in [7, 11) is 0. The number of furan rings is 1. The van der Waals surface area contributed by atoms with E-state index in [4.69, 9.17) is 26.0 Å². The van der Waals surface area contributed by atoms with Crippen molar-refractivity contribution in [3.05, 3.63) is 52.8 Å². The number of nitrogens with zero attached hydrogens (tertiary/aromatic N) is 1. The fraction of sp³-hybridized carbons (Fsp3) is 0.263. The molecule has 1 aromatic carbocycles. The van der Waals surface area contributed by atoms with Crippen LogP contribution in [0.4, 0.5) is 0 Å². The minimum absolute atomic E-state index is 0.0983. The second kappa shape index (κ2) is 8.37. The first kappa shape index (κ1) is 17.8. The largest absolute Gasteiger partial charge is 0.462 e. The standard InChI is InChI=1S/C19H18ClNO3/c1-13(2)9-10-23-19(22)14(12-21)11-15-7-8-18(24-15)16-5-3-4-6-17(16)20/h3-8,11,13H,9-10H2,1-2H3/b14-11-. The number of rotatable bonds is 6. The monoisotopic (exact) mass is 343 g/mol. The first-order chi connectivity index (χ1) is 11.5. The maximum atomic E-state index is 11.9. The summed E-state index contributed by atoms with van der Waals surface area (Å²) in [4.78, 5) is 11.9. The maximum Gasteiger partial charge on any atom is 0.349 e. The van der Waals surface area contributed by atoms with E-state index in [-0.39, 0.29) is 5.57 Å². The minimum atomic E-state index is -0.645. The van der Waals surface area contributed by atoms with E-state index in [1.54, 1.807) is 18.2 Å². The van der Waals surface area contributed by atoms with Crippen molar-refractivity contribution in [1.82, 2.24) is 0 Å². The van der Waals surface area contributed by atoms with Crippen molar-refractivity contribution in [3.63, 3.8) is 0 Å². The molecule has 0 aliphatic heterocycles. The van der Waals surface area contributed by atoms with Gasteiger partial charge >= 0.3 is 5.97 Å². The lowest BCUT2D eigenvalue weighted by Gasteiger charge is -2.05. The Balaban J connectivity index is 2.13. The third kappa shape index (κ3) is 4.74. The first-order valence-corrected chi connectivity index (χ1v) is 8.02. The van der Waals surface area contributed by atoms with Gasteiger partial charge in [-0.3, -0.25) is 0 Å². The van der Waals surface area contributed by atoms with Crippen molar-refractivity contribution in [3.8, 4) is 17.4 Å². The van der Waals surface area contributed by atoms with Crippen LogP contribution in [0.1, 0.15) is 26.0 Å². The van der Waals surface area contributed by atoms with Gasteiger partial charge in [-0.1, -0.05) is 37.6 Å². The number of benzene rings is 1. The van der Waals surface area contributed by atoms with Crippen molar-refractivity contribution >= 4 is 23.6 Å². The fourth-order valence-electron chi connectivity index (χ4n) is 1.98. The average molecular weight is 344 g/mol. The van der Waals surface area contributed by atoms with Gasteiger partial charge in [0.15, 0.2) is 0 Å². The molecule has 2 rings (SSSR count). The van der Waals surface area contributed by atoms with E-state index in [1.807, 2.05) is 38.1 Å². The lowest BCUT2D eigenvalue weighted by molar-refractivity contribution is -0.138. The zero-order valence-electron chi connectivity index (χ0n) is 13.6. The highest BCUT2D eigenvalue weighted by molar-refractivity contribution is 6.33. The first-order valence-electron chi connectivity index (χ1n) is 7.65. The van der Waals surface area contributed by atoms with E-state index in [0.717, 1.165) is 12.0 Å². The fourth-order valence-corrected chi connectivity index (χ4v) is 2.21. The molecule has 1 aromatic heterocycles. The van der Waals surface area contributed by atoms with Gasteiger partial charge in [0, 0.05) is 11.6 Å². The highest BCUT2D eigenvalue weighted by Crippen LogP contribution is 2.29.